The summed E-state index contributed by atoms with van der Waals surface area (Å²) in [7, 11) is 0. The van der Waals surface area contributed by atoms with E-state index in [2.05, 4.69) is 11.0 Å². The molecule has 0 N–H and O–H groups in total. The highest BCUT2D eigenvalue weighted by molar-refractivity contribution is 5.08. The SMILES string of the molecule is C1=C(CN2CC3CCC(C2)O3)CCCC1. The first-order valence-corrected chi connectivity index (χ1v) is 6.46. The van der Waals surface area contributed by atoms with Gasteiger partial charge in [-0.2, -0.15) is 0 Å². The van der Waals surface area contributed by atoms with E-state index in [1.807, 2.05) is 0 Å². The van der Waals surface area contributed by atoms with Gasteiger partial charge in [0.15, 0.2) is 0 Å². The third kappa shape index (κ3) is 2.26. The fourth-order valence-electron chi connectivity index (χ4n) is 3.16. The number of hydrogen-bond donors (Lipinski definition) is 0. The van der Waals surface area contributed by atoms with E-state index >= 15 is 0 Å². The van der Waals surface area contributed by atoms with Crippen LogP contribution < -0.4 is 0 Å². The molecule has 2 heterocycles. The lowest BCUT2D eigenvalue weighted by atomic mass is 9.99. The van der Waals surface area contributed by atoms with Crippen LogP contribution >= 0.6 is 0 Å². The summed E-state index contributed by atoms with van der Waals surface area (Å²) in [6.07, 6.45) is 11.6. The molecule has 2 heteroatoms. The van der Waals surface area contributed by atoms with E-state index in [1.165, 1.54) is 58.2 Å². The molecule has 2 unspecified atom stereocenters. The molecule has 3 aliphatic rings. The van der Waals surface area contributed by atoms with Crippen LogP contribution in [0.4, 0.5) is 0 Å². The van der Waals surface area contributed by atoms with E-state index in [4.69, 9.17) is 4.74 Å². The van der Waals surface area contributed by atoms with Gasteiger partial charge in [-0.1, -0.05) is 11.6 Å². The number of nitrogens with zero attached hydrogens (tertiary/aromatic N) is 1. The minimum absolute atomic E-state index is 0.549. The highest BCUT2D eigenvalue weighted by atomic mass is 16.5. The molecule has 15 heavy (non-hydrogen) atoms. The average molecular weight is 207 g/mol. The van der Waals surface area contributed by atoms with Gasteiger partial charge in [-0.05, 0) is 38.5 Å². The molecule has 0 saturated carbocycles. The molecular weight excluding hydrogens is 186 g/mol. The molecule has 2 fully saturated rings. The van der Waals surface area contributed by atoms with Gasteiger partial charge in [0.1, 0.15) is 0 Å². The van der Waals surface area contributed by atoms with E-state index < -0.39 is 0 Å². The maximum atomic E-state index is 5.86. The number of fused-ring (bicyclic) bond motifs is 2. The quantitative estimate of drug-likeness (QED) is 0.644. The first-order valence-electron chi connectivity index (χ1n) is 6.46. The Kier molecular flexibility index (Phi) is 2.80. The number of rotatable bonds is 2. The van der Waals surface area contributed by atoms with Crippen molar-refractivity contribution >= 4 is 0 Å². The van der Waals surface area contributed by atoms with Gasteiger partial charge in [0.05, 0.1) is 12.2 Å². The molecule has 1 aliphatic carbocycles. The second kappa shape index (κ2) is 4.26. The molecule has 3 rings (SSSR count). The number of hydrogen-bond acceptors (Lipinski definition) is 2. The van der Waals surface area contributed by atoms with Crippen molar-refractivity contribution in [1.82, 2.24) is 4.90 Å². The Morgan fingerprint density at radius 3 is 2.67 bits per heavy atom. The molecule has 0 aromatic heterocycles. The van der Waals surface area contributed by atoms with Crippen molar-refractivity contribution in [2.24, 2.45) is 0 Å². The number of likely N-dealkylation sites (tertiary alicyclic amines) is 1. The molecule has 2 aliphatic heterocycles. The van der Waals surface area contributed by atoms with Gasteiger partial charge in [-0.15, -0.1) is 0 Å². The summed E-state index contributed by atoms with van der Waals surface area (Å²) >= 11 is 0. The van der Waals surface area contributed by atoms with Crippen LogP contribution in [0.1, 0.15) is 38.5 Å². The van der Waals surface area contributed by atoms with Gasteiger partial charge < -0.3 is 4.74 Å². The second-order valence-electron chi connectivity index (χ2n) is 5.26. The van der Waals surface area contributed by atoms with E-state index in [1.54, 1.807) is 5.57 Å². The van der Waals surface area contributed by atoms with E-state index in [0.29, 0.717) is 12.2 Å². The van der Waals surface area contributed by atoms with Crippen LogP contribution in [0.5, 0.6) is 0 Å². The van der Waals surface area contributed by atoms with Gasteiger partial charge >= 0.3 is 0 Å². The van der Waals surface area contributed by atoms with Gasteiger partial charge in [0.25, 0.3) is 0 Å². The number of morpholine rings is 1. The van der Waals surface area contributed by atoms with Crippen LogP contribution in [-0.2, 0) is 4.74 Å². The zero-order valence-electron chi connectivity index (χ0n) is 9.45. The predicted molar refractivity (Wildman–Crippen MR) is 60.9 cm³/mol. The summed E-state index contributed by atoms with van der Waals surface area (Å²) < 4.78 is 5.86. The van der Waals surface area contributed by atoms with Gasteiger partial charge in [0, 0.05) is 19.6 Å². The van der Waals surface area contributed by atoms with Crippen LogP contribution in [0.25, 0.3) is 0 Å². The Bertz CT molecular complexity index is 249. The summed E-state index contributed by atoms with van der Waals surface area (Å²) in [5, 5.41) is 0. The summed E-state index contributed by atoms with van der Waals surface area (Å²) in [5.41, 5.74) is 1.68. The Hall–Kier alpha value is -0.340. The van der Waals surface area contributed by atoms with Crippen molar-refractivity contribution in [3.63, 3.8) is 0 Å². The minimum atomic E-state index is 0.549. The summed E-state index contributed by atoms with van der Waals surface area (Å²) in [4.78, 5) is 2.61. The van der Waals surface area contributed by atoms with Crippen LogP contribution in [0, 0.1) is 0 Å². The first kappa shape index (κ1) is 9.86. The van der Waals surface area contributed by atoms with Crippen molar-refractivity contribution in [2.45, 2.75) is 50.7 Å². The molecule has 0 spiro atoms. The van der Waals surface area contributed by atoms with Crippen molar-refractivity contribution in [3.8, 4) is 0 Å². The molecular formula is C13H21NO. The smallest absolute Gasteiger partial charge is 0.0707 e. The van der Waals surface area contributed by atoms with Crippen LogP contribution in [-0.4, -0.2) is 36.7 Å². The van der Waals surface area contributed by atoms with Gasteiger partial charge in [-0.3, -0.25) is 4.90 Å². The Morgan fingerprint density at radius 1 is 1.20 bits per heavy atom. The molecule has 2 atom stereocenters. The van der Waals surface area contributed by atoms with Crippen LogP contribution in [0.15, 0.2) is 11.6 Å². The van der Waals surface area contributed by atoms with Crippen molar-refractivity contribution in [1.29, 1.82) is 0 Å². The summed E-state index contributed by atoms with van der Waals surface area (Å²) in [6.45, 7) is 3.57. The molecule has 2 nitrogen and oxygen atoms in total. The van der Waals surface area contributed by atoms with Crippen LogP contribution in [0.3, 0.4) is 0 Å². The fourth-order valence-corrected chi connectivity index (χ4v) is 3.16. The lowest BCUT2D eigenvalue weighted by Crippen LogP contribution is -2.43. The predicted octanol–water partition coefficient (Wildman–Crippen LogP) is 2.35. The molecule has 84 valence electrons. The monoisotopic (exact) mass is 207 g/mol. The topological polar surface area (TPSA) is 12.5 Å². The largest absolute Gasteiger partial charge is 0.372 e. The normalized spacial score (nSPS) is 36.7. The number of ether oxygens (including phenoxy) is 1. The average Bonchev–Trinajstić information content (AvgIpc) is 2.60. The third-order valence-electron chi connectivity index (χ3n) is 3.93. The summed E-state index contributed by atoms with van der Waals surface area (Å²) in [6, 6.07) is 0. The lowest BCUT2D eigenvalue weighted by Gasteiger charge is -2.33. The zero-order valence-corrected chi connectivity index (χ0v) is 9.45. The highest BCUT2D eigenvalue weighted by Crippen LogP contribution is 2.27. The number of allylic oxidation sites excluding steroid dienone is 1. The first-order chi connectivity index (χ1) is 7.40. The zero-order chi connectivity index (χ0) is 10.1. The maximum absolute atomic E-state index is 5.86. The van der Waals surface area contributed by atoms with Crippen molar-refractivity contribution in [3.05, 3.63) is 11.6 Å². The maximum Gasteiger partial charge on any atom is 0.0707 e. The Morgan fingerprint density at radius 2 is 2.00 bits per heavy atom. The molecule has 0 aromatic rings. The fraction of sp³-hybridized carbons (Fsp3) is 0.846. The molecule has 0 amide bonds. The third-order valence-corrected chi connectivity index (χ3v) is 3.93. The van der Waals surface area contributed by atoms with E-state index in [9.17, 15) is 0 Å². The Labute approximate surface area is 92.3 Å². The van der Waals surface area contributed by atoms with E-state index in [-0.39, 0.29) is 0 Å². The molecule has 0 radical (unpaired) electrons. The van der Waals surface area contributed by atoms with Gasteiger partial charge in [0.2, 0.25) is 0 Å². The van der Waals surface area contributed by atoms with Crippen molar-refractivity contribution < 1.29 is 4.74 Å². The standard InChI is InChI=1S/C13H21NO/c1-2-4-11(5-3-1)8-14-9-12-6-7-13(10-14)15-12/h4,12-13H,1-3,5-10H2. The lowest BCUT2D eigenvalue weighted by molar-refractivity contribution is -0.0354. The second-order valence-corrected chi connectivity index (χ2v) is 5.26. The summed E-state index contributed by atoms with van der Waals surface area (Å²) in [5.74, 6) is 0. The molecule has 2 saturated heterocycles. The van der Waals surface area contributed by atoms with Gasteiger partial charge in [-0.25, -0.2) is 0 Å². The highest BCUT2D eigenvalue weighted by Gasteiger charge is 2.33. The Balaban J connectivity index is 1.57. The minimum Gasteiger partial charge on any atom is -0.372 e. The van der Waals surface area contributed by atoms with E-state index in [0.717, 1.165) is 0 Å². The van der Waals surface area contributed by atoms with Crippen LogP contribution in [0.2, 0.25) is 0 Å². The molecule has 2 bridgehead atoms. The van der Waals surface area contributed by atoms with Crippen molar-refractivity contribution in [2.75, 3.05) is 19.6 Å². The molecule has 0 aromatic carbocycles.